The quantitative estimate of drug-likeness (QED) is 0.883. The molecule has 0 spiro atoms. The Labute approximate surface area is 146 Å². The van der Waals surface area contributed by atoms with E-state index in [0.717, 1.165) is 48.3 Å². The van der Waals surface area contributed by atoms with Gasteiger partial charge in [0.05, 0.1) is 12.5 Å². The lowest BCUT2D eigenvalue weighted by Crippen LogP contribution is -2.41. The molecule has 2 aromatic rings. The van der Waals surface area contributed by atoms with Gasteiger partial charge in [-0.25, -0.2) is 4.79 Å². The zero-order valence-electron chi connectivity index (χ0n) is 13.9. The topological polar surface area (TPSA) is 74.3 Å². The maximum Gasteiger partial charge on any atom is 0.322 e. The molecule has 1 aromatic heterocycles. The van der Waals surface area contributed by atoms with Gasteiger partial charge in [0.25, 0.3) is 0 Å². The third kappa shape index (κ3) is 3.20. The van der Waals surface area contributed by atoms with Gasteiger partial charge >= 0.3 is 6.03 Å². The van der Waals surface area contributed by atoms with Gasteiger partial charge in [-0.2, -0.15) is 0 Å². The molecule has 1 atom stereocenters. The van der Waals surface area contributed by atoms with Crippen molar-refractivity contribution in [1.29, 1.82) is 0 Å². The highest BCUT2D eigenvalue weighted by molar-refractivity contribution is 6.00. The second kappa shape index (κ2) is 6.55. The van der Waals surface area contributed by atoms with Crippen molar-refractivity contribution in [2.24, 2.45) is 0 Å². The van der Waals surface area contributed by atoms with E-state index < -0.39 is 0 Å². The molecule has 2 N–H and O–H groups in total. The molecule has 2 aliphatic rings. The van der Waals surface area contributed by atoms with E-state index in [-0.39, 0.29) is 18.0 Å². The number of hydrogen-bond donors (Lipinski definition) is 2. The van der Waals surface area contributed by atoms with E-state index in [9.17, 15) is 9.59 Å². The summed E-state index contributed by atoms with van der Waals surface area (Å²) in [4.78, 5) is 30.4. The van der Waals surface area contributed by atoms with Crippen LogP contribution in [0.4, 0.5) is 16.2 Å². The molecule has 25 heavy (non-hydrogen) atoms. The number of fused-ring (bicyclic) bond motifs is 1. The number of likely N-dealkylation sites (tertiary alicyclic amines) is 1. The molecule has 6 heteroatoms. The Morgan fingerprint density at radius 1 is 1.28 bits per heavy atom. The highest BCUT2D eigenvalue weighted by Gasteiger charge is 2.28. The van der Waals surface area contributed by atoms with Crippen LogP contribution in [0.3, 0.4) is 0 Å². The van der Waals surface area contributed by atoms with Crippen molar-refractivity contribution >= 4 is 23.3 Å². The number of amides is 3. The molecule has 128 valence electrons. The van der Waals surface area contributed by atoms with E-state index in [4.69, 9.17) is 0 Å². The van der Waals surface area contributed by atoms with E-state index in [0.29, 0.717) is 6.42 Å². The SMILES string of the molecule is O=C1Cc2cc(NC(=O)N3CCCC[C@H]3c3cccnc3)ccc2N1. The van der Waals surface area contributed by atoms with E-state index in [1.165, 1.54) is 0 Å². The number of benzene rings is 1. The predicted octanol–water partition coefficient (Wildman–Crippen LogP) is 3.34. The normalized spacial score (nSPS) is 19.3. The van der Waals surface area contributed by atoms with Crippen LogP contribution in [0, 0.1) is 0 Å². The molecule has 1 saturated heterocycles. The average Bonchev–Trinajstić information content (AvgIpc) is 3.02. The Kier molecular flexibility index (Phi) is 4.09. The van der Waals surface area contributed by atoms with Gasteiger partial charge in [0.15, 0.2) is 0 Å². The molecule has 3 heterocycles. The van der Waals surface area contributed by atoms with Crippen molar-refractivity contribution in [2.45, 2.75) is 31.7 Å². The second-order valence-electron chi connectivity index (χ2n) is 6.52. The van der Waals surface area contributed by atoms with Gasteiger partial charge in [-0.3, -0.25) is 9.78 Å². The monoisotopic (exact) mass is 336 g/mol. The minimum atomic E-state index is -0.106. The number of anilines is 2. The third-order valence-corrected chi connectivity index (χ3v) is 4.81. The van der Waals surface area contributed by atoms with Crippen molar-refractivity contribution in [3.05, 3.63) is 53.9 Å². The number of urea groups is 1. The number of pyridine rings is 1. The Balaban J connectivity index is 1.51. The molecule has 0 unspecified atom stereocenters. The van der Waals surface area contributed by atoms with Gasteiger partial charge in [-0.1, -0.05) is 6.07 Å². The second-order valence-corrected chi connectivity index (χ2v) is 6.52. The number of carbonyl (C=O) groups excluding carboxylic acids is 2. The van der Waals surface area contributed by atoms with Gasteiger partial charge in [0.2, 0.25) is 5.91 Å². The lowest BCUT2D eigenvalue weighted by atomic mass is 9.97. The highest BCUT2D eigenvalue weighted by Crippen LogP contribution is 2.31. The molecule has 2 aliphatic heterocycles. The van der Waals surface area contributed by atoms with E-state index in [1.54, 1.807) is 6.20 Å². The van der Waals surface area contributed by atoms with Gasteiger partial charge < -0.3 is 15.5 Å². The van der Waals surface area contributed by atoms with Crippen molar-refractivity contribution < 1.29 is 9.59 Å². The lowest BCUT2D eigenvalue weighted by Gasteiger charge is -2.35. The first kappa shape index (κ1) is 15.6. The first-order valence-electron chi connectivity index (χ1n) is 8.61. The molecule has 0 bridgehead atoms. The van der Waals surface area contributed by atoms with Crippen LogP contribution in [-0.4, -0.2) is 28.4 Å². The van der Waals surface area contributed by atoms with Crippen molar-refractivity contribution in [2.75, 3.05) is 17.2 Å². The molecule has 1 aromatic carbocycles. The number of piperidine rings is 1. The summed E-state index contributed by atoms with van der Waals surface area (Å²) in [6.07, 6.45) is 7.01. The van der Waals surface area contributed by atoms with Crippen molar-refractivity contribution in [1.82, 2.24) is 9.88 Å². The number of hydrogen-bond acceptors (Lipinski definition) is 3. The average molecular weight is 336 g/mol. The summed E-state index contributed by atoms with van der Waals surface area (Å²) in [5.41, 5.74) is 3.54. The summed E-state index contributed by atoms with van der Waals surface area (Å²) in [6.45, 7) is 0.733. The third-order valence-electron chi connectivity index (χ3n) is 4.81. The van der Waals surface area contributed by atoms with Gasteiger partial charge in [0, 0.05) is 30.3 Å². The fourth-order valence-electron chi connectivity index (χ4n) is 3.60. The van der Waals surface area contributed by atoms with Gasteiger partial charge in [0.1, 0.15) is 0 Å². The van der Waals surface area contributed by atoms with Gasteiger partial charge in [-0.15, -0.1) is 0 Å². The first-order chi connectivity index (χ1) is 12.2. The molecular formula is C19H20N4O2. The van der Waals surface area contributed by atoms with Crippen molar-refractivity contribution in [3.63, 3.8) is 0 Å². The number of nitrogens with one attached hydrogen (secondary N) is 2. The standard InChI is InChI=1S/C19H20N4O2/c24-18-11-14-10-15(6-7-16(14)22-18)21-19(25)23-9-2-1-5-17(23)13-4-3-8-20-12-13/h3-4,6-8,10,12,17H,1-2,5,9,11H2,(H,21,25)(H,22,24)/t17-/m0/s1. The summed E-state index contributed by atoms with van der Waals surface area (Å²) in [5, 5.41) is 5.78. The lowest BCUT2D eigenvalue weighted by molar-refractivity contribution is -0.115. The summed E-state index contributed by atoms with van der Waals surface area (Å²) in [5.74, 6) is -0.00820. The summed E-state index contributed by atoms with van der Waals surface area (Å²) in [7, 11) is 0. The molecule has 3 amide bonds. The fourth-order valence-corrected chi connectivity index (χ4v) is 3.60. The molecular weight excluding hydrogens is 316 g/mol. The highest BCUT2D eigenvalue weighted by atomic mass is 16.2. The number of rotatable bonds is 2. The van der Waals surface area contributed by atoms with Crippen LogP contribution in [0.15, 0.2) is 42.7 Å². The molecule has 6 nitrogen and oxygen atoms in total. The molecule has 1 fully saturated rings. The van der Waals surface area contributed by atoms with Crippen LogP contribution in [0.1, 0.15) is 36.4 Å². The van der Waals surface area contributed by atoms with E-state index in [2.05, 4.69) is 15.6 Å². The van der Waals surface area contributed by atoms with Gasteiger partial charge in [-0.05, 0) is 54.7 Å². The van der Waals surface area contributed by atoms with Crippen LogP contribution < -0.4 is 10.6 Å². The minimum absolute atomic E-state index is 0.00820. The summed E-state index contributed by atoms with van der Waals surface area (Å²) < 4.78 is 0. The van der Waals surface area contributed by atoms with Crippen LogP contribution >= 0.6 is 0 Å². The number of aromatic nitrogens is 1. The maximum atomic E-state index is 12.8. The first-order valence-corrected chi connectivity index (χ1v) is 8.61. The Hall–Kier alpha value is -2.89. The molecule has 0 saturated carbocycles. The van der Waals surface area contributed by atoms with Crippen LogP contribution in [-0.2, 0) is 11.2 Å². The zero-order chi connectivity index (χ0) is 17.2. The van der Waals surface area contributed by atoms with E-state index >= 15 is 0 Å². The molecule has 0 radical (unpaired) electrons. The van der Waals surface area contributed by atoms with E-state index in [1.807, 2.05) is 41.4 Å². The van der Waals surface area contributed by atoms with Crippen LogP contribution in [0.5, 0.6) is 0 Å². The number of carbonyl (C=O) groups is 2. The molecule has 4 rings (SSSR count). The minimum Gasteiger partial charge on any atom is -0.326 e. The van der Waals surface area contributed by atoms with Crippen LogP contribution in [0.2, 0.25) is 0 Å². The fraction of sp³-hybridized carbons (Fsp3) is 0.316. The maximum absolute atomic E-state index is 12.8. The summed E-state index contributed by atoms with van der Waals surface area (Å²) >= 11 is 0. The van der Waals surface area contributed by atoms with Crippen LogP contribution in [0.25, 0.3) is 0 Å². The Morgan fingerprint density at radius 3 is 3.04 bits per heavy atom. The Bertz CT molecular complexity index is 806. The summed E-state index contributed by atoms with van der Waals surface area (Å²) in [6, 6.07) is 9.41. The van der Waals surface area contributed by atoms with Crippen molar-refractivity contribution in [3.8, 4) is 0 Å². The largest absolute Gasteiger partial charge is 0.326 e. The predicted molar refractivity (Wildman–Crippen MR) is 95.3 cm³/mol. The Morgan fingerprint density at radius 2 is 2.20 bits per heavy atom. The zero-order valence-corrected chi connectivity index (χ0v) is 13.9. The smallest absolute Gasteiger partial charge is 0.322 e. The number of nitrogens with zero attached hydrogens (tertiary/aromatic N) is 2. The molecule has 0 aliphatic carbocycles.